The number of halogens is 2. The van der Waals surface area contributed by atoms with Crippen molar-refractivity contribution < 1.29 is 4.39 Å². The van der Waals surface area contributed by atoms with Crippen molar-refractivity contribution in [2.75, 3.05) is 37.2 Å². The van der Waals surface area contributed by atoms with Crippen LogP contribution in [-0.2, 0) is 0 Å². The standard InChI is InChI=1S/C24H25ClFN7/c25-17-6-10-19(11-7-17)33-22(27)20-21(16-4-8-18(26)9-5-16)29-24(30-23(20)31-33)28-12-15-32-13-2-1-3-14-32/h4-11H,1-3,12-15,27H2,(H,28,30,31). The molecule has 3 heterocycles. The van der Waals surface area contributed by atoms with Crippen molar-refractivity contribution in [2.24, 2.45) is 0 Å². The molecule has 1 aliphatic heterocycles. The van der Waals surface area contributed by atoms with Crippen LogP contribution in [0.2, 0.25) is 5.02 Å². The second-order valence-corrected chi connectivity index (χ2v) is 8.64. The molecule has 0 bridgehead atoms. The van der Waals surface area contributed by atoms with Crippen molar-refractivity contribution in [2.45, 2.75) is 19.3 Å². The Morgan fingerprint density at radius 2 is 1.70 bits per heavy atom. The molecule has 9 heteroatoms. The predicted octanol–water partition coefficient (Wildman–Crippen LogP) is 4.76. The SMILES string of the molecule is Nc1c2c(-c3ccc(F)cc3)nc(NCCN3CCCCC3)nc2nn1-c1ccc(Cl)cc1. The number of benzene rings is 2. The molecule has 0 spiro atoms. The molecule has 1 saturated heterocycles. The molecule has 4 aromatic rings. The summed E-state index contributed by atoms with van der Waals surface area (Å²) in [6.07, 6.45) is 3.81. The molecule has 0 atom stereocenters. The fourth-order valence-corrected chi connectivity index (χ4v) is 4.32. The average molecular weight is 466 g/mol. The van der Waals surface area contributed by atoms with Crippen LogP contribution in [0, 0.1) is 5.82 Å². The summed E-state index contributed by atoms with van der Waals surface area (Å²) in [6, 6.07) is 13.4. The molecule has 7 nitrogen and oxygen atoms in total. The summed E-state index contributed by atoms with van der Waals surface area (Å²) in [4.78, 5) is 11.8. The lowest BCUT2D eigenvalue weighted by Gasteiger charge is -2.26. The normalized spacial score (nSPS) is 14.6. The molecular weight excluding hydrogens is 441 g/mol. The number of nitrogens with two attached hydrogens (primary N) is 1. The number of nitrogens with zero attached hydrogens (tertiary/aromatic N) is 5. The van der Waals surface area contributed by atoms with Gasteiger partial charge in [0.15, 0.2) is 5.65 Å². The van der Waals surface area contributed by atoms with Gasteiger partial charge in [0.25, 0.3) is 0 Å². The molecule has 5 rings (SSSR count). The molecule has 170 valence electrons. The Morgan fingerprint density at radius 3 is 2.42 bits per heavy atom. The zero-order valence-corrected chi connectivity index (χ0v) is 18.9. The van der Waals surface area contributed by atoms with Gasteiger partial charge in [-0.25, -0.2) is 14.1 Å². The molecule has 1 fully saturated rings. The Hall–Kier alpha value is -3.23. The van der Waals surface area contributed by atoms with E-state index in [-0.39, 0.29) is 5.82 Å². The largest absolute Gasteiger partial charge is 0.383 e. The second-order valence-electron chi connectivity index (χ2n) is 8.20. The fourth-order valence-electron chi connectivity index (χ4n) is 4.20. The van der Waals surface area contributed by atoms with Crippen LogP contribution in [0.5, 0.6) is 0 Å². The number of likely N-dealkylation sites (tertiary alicyclic amines) is 1. The van der Waals surface area contributed by atoms with Crippen LogP contribution in [0.1, 0.15) is 19.3 Å². The number of piperidine rings is 1. The monoisotopic (exact) mass is 465 g/mol. The van der Waals surface area contributed by atoms with Crippen molar-refractivity contribution in [3.8, 4) is 16.9 Å². The lowest BCUT2D eigenvalue weighted by molar-refractivity contribution is 0.237. The van der Waals surface area contributed by atoms with Crippen LogP contribution in [0.3, 0.4) is 0 Å². The molecule has 1 aliphatic rings. The summed E-state index contributed by atoms with van der Waals surface area (Å²) in [6.45, 7) is 3.91. The Labute approximate surface area is 196 Å². The first-order valence-corrected chi connectivity index (χ1v) is 11.5. The summed E-state index contributed by atoms with van der Waals surface area (Å²) < 4.78 is 15.2. The number of nitrogens with one attached hydrogen (secondary N) is 1. The lowest BCUT2D eigenvalue weighted by atomic mass is 10.1. The number of nitrogen functional groups attached to an aromatic ring is 1. The van der Waals surface area contributed by atoms with Crippen LogP contribution in [0.4, 0.5) is 16.2 Å². The zero-order chi connectivity index (χ0) is 22.8. The van der Waals surface area contributed by atoms with Gasteiger partial charge in [-0.05, 0) is 74.5 Å². The minimum Gasteiger partial charge on any atom is -0.383 e. The van der Waals surface area contributed by atoms with Gasteiger partial charge in [0.1, 0.15) is 11.6 Å². The van der Waals surface area contributed by atoms with E-state index in [1.165, 1.54) is 31.4 Å². The predicted molar refractivity (Wildman–Crippen MR) is 130 cm³/mol. The molecular formula is C24H25ClFN7. The smallest absolute Gasteiger partial charge is 0.225 e. The second kappa shape index (κ2) is 9.33. The van der Waals surface area contributed by atoms with Gasteiger partial charge in [-0.1, -0.05) is 18.0 Å². The van der Waals surface area contributed by atoms with E-state index >= 15 is 0 Å². The van der Waals surface area contributed by atoms with E-state index in [1.807, 2.05) is 12.1 Å². The van der Waals surface area contributed by atoms with Crippen LogP contribution in [0.15, 0.2) is 48.5 Å². The molecule has 0 aliphatic carbocycles. The van der Waals surface area contributed by atoms with Gasteiger partial charge in [0.05, 0.1) is 16.8 Å². The molecule has 2 aromatic carbocycles. The van der Waals surface area contributed by atoms with Crippen LogP contribution in [-0.4, -0.2) is 50.8 Å². The summed E-state index contributed by atoms with van der Waals surface area (Å²) in [5.41, 5.74) is 9.09. The van der Waals surface area contributed by atoms with E-state index in [9.17, 15) is 4.39 Å². The van der Waals surface area contributed by atoms with Gasteiger partial charge in [-0.15, -0.1) is 5.10 Å². The third-order valence-corrected chi connectivity index (χ3v) is 6.17. The Kier molecular flexibility index (Phi) is 6.11. The van der Waals surface area contributed by atoms with Crippen molar-refractivity contribution in [3.05, 3.63) is 59.4 Å². The van der Waals surface area contributed by atoms with E-state index in [2.05, 4.69) is 20.3 Å². The molecule has 2 aromatic heterocycles. The summed E-state index contributed by atoms with van der Waals surface area (Å²) in [5, 5.41) is 9.23. The van der Waals surface area contributed by atoms with E-state index in [0.29, 0.717) is 33.5 Å². The fraction of sp³-hybridized carbons (Fsp3) is 0.292. The third kappa shape index (κ3) is 4.62. The summed E-state index contributed by atoms with van der Waals surface area (Å²) in [7, 11) is 0. The quantitative estimate of drug-likeness (QED) is 0.427. The van der Waals surface area contributed by atoms with Gasteiger partial charge >= 0.3 is 0 Å². The Morgan fingerprint density at radius 1 is 0.970 bits per heavy atom. The highest BCUT2D eigenvalue weighted by atomic mass is 35.5. The summed E-state index contributed by atoms with van der Waals surface area (Å²) in [5.74, 6) is 0.569. The molecule has 0 unspecified atom stereocenters. The molecule has 0 radical (unpaired) electrons. The van der Waals surface area contributed by atoms with Gasteiger partial charge < -0.3 is 16.0 Å². The first-order chi connectivity index (χ1) is 16.1. The average Bonchev–Trinajstić information content (AvgIpc) is 3.16. The number of hydrogen-bond donors (Lipinski definition) is 2. The van der Waals surface area contributed by atoms with Gasteiger partial charge in [-0.3, -0.25) is 0 Å². The van der Waals surface area contributed by atoms with Gasteiger partial charge in [0.2, 0.25) is 5.95 Å². The van der Waals surface area contributed by atoms with E-state index in [1.54, 1.807) is 28.9 Å². The van der Waals surface area contributed by atoms with Crippen molar-refractivity contribution in [1.82, 2.24) is 24.6 Å². The highest BCUT2D eigenvalue weighted by Crippen LogP contribution is 2.33. The van der Waals surface area contributed by atoms with E-state index in [0.717, 1.165) is 37.4 Å². The zero-order valence-electron chi connectivity index (χ0n) is 18.1. The maximum Gasteiger partial charge on any atom is 0.225 e. The Bertz CT molecular complexity index is 1250. The van der Waals surface area contributed by atoms with Gasteiger partial charge in [-0.2, -0.15) is 4.98 Å². The van der Waals surface area contributed by atoms with Gasteiger partial charge in [0, 0.05) is 23.7 Å². The first kappa shape index (κ1) is 21.6. The first-order valence-electron chi connectivity index (χ1n) is 11.1. The minimum atomic E-state index is -0.311. The van der Waals surface area contributed by atoms with Crippen LogP contribution < -0.4 is 11.1 Å². The number of rotatable bonds is 6. The van der Waals surface area contributed by atoms with Crippen molar-refractivity contribution in [1.29, 1.82) is 0 Å². The molecule has 33 heavy (non-hydrogen) atoms. The molecule has 0 saturated carbocycles. The molecule has 0 amide bonds. The van der Waals surface area contributed by atoms with Crippen LogP contribution >= 0.6 is 11.6 Å². The number of anilines is 2. The van der Waals surface area contributed by atoms with Crippen LogP contribution in [0.25, 0.3) is 28.0 Å². The topological polar surface area (TPSA) is 84.9 Å². The maximum absolute atomic E-state index is 13.6. The maximum atomic E-state index is 13.6. The molecule has 3 N–H and O–H groups in total. The number of fused-ring (bicyclic) bond motifs is 1. The van der Waals surface area contributed by atoms with E-state index in [4.69, 9.17) is 22.3 Å². The Balaban J connectivity index is 1.53. The number of hydrogen-bond acceptors (Lipinski definition) is 6. The highest BCUT2D eigenvalue weighted by Gasteiger charge is 2.19. The third-order valence-electron chi connectivity index (χ3n) is 5.92. The van der Waals surface area contributed by atoms with Crippen molar-refractivity contribution in [3.63, 3.8) is 0 Å². The minimum absolute atomic E-state index is 0.311. The highest BCUT2D eigenvalue weighted by molar-refractivity contribution is 6.30. The van der Waals surface area contributed by atoms with Crippen molar-refractivity contribution >= 4 is 34.4 Å². The van der Waals surface area contributed by atoms with E-state index < -0.39 is 0 Å². The number of aromatic nitrogens is 4. The lowest BCUT2D eigenvalue weighted by Crippen LogP contribution is -2.33. The summed E-state index contributed by atoms with van der Waals surface area (Å²) >= 11 is 6.04.